The zero-order valence-corrected chi connectivity index (χ0v) is 14.3. The Kier molecular flexibility index (Phi) is 7.06. The van der Waals surface area contributed by atoms with Gasteiger partial charge in [0.25, 0.3) is 0 Å². The number of allylic oxidation sites excluding steroid dienone is 4. The third-order valence-electron chi connectivity index (χ3n) is 3.80. The van der Waals surface area contributed by atoms with E-state index in [-0.39, 0.29) is 25.0 Å². The minimum Gasteiger partial charge on any atom is -0.392 e. The van der Waals surface area contributed by atoms with Crippen LogP contribution in [0.25, 0.3) is 0 Å². The number of hydrogen-bond donors (Lipinski definition) is 2. The van der Waals surface area contributed by atoms with Gasteiger partial charge in [0, 0.05) is 6.42 Å². The second kappa shape index (κ2) is 8.17. The highest BCUT2D eigenvalue weighted by molar-refractivity contribution is 7.87. The van der Waals surface area contributed by atoms with Crippen molar-refractivity contribution in [3.8, 4) is 0 Å². The zero-order valence-electron chi connectivity index (χ0n) is 13.5. The van der Waals surface area contributed by atoms with E-state index in [9.17, 15) is 26.7 Å². The van der Waals surface area contributed by atoms with Crippen LogP contribution in [0.3, 0.4) is 0 Å². The first-order valence-corrected chi connectivity index (χ1v) is 8.73. The fourth-order valence-corrected chi connectivity index (χ4v) is 2.98. The Morgan fingerprint density at radius 3 is 2.46 bits per heavy atom. The predicted molar refractivity (Wildman–Crippen MR) is 82.2 cm³/mol. The highest BCUT2D eigenvalue weighted by Crippen LogP contribution is 2.32. The van der Waals surface area contributed by atoms with Crippen LogP contribution in [0.15, 0.2) is 34.1 Å². The molecule has 9 heteroatoms. The van der Waals surface area contributed by atoms with Gasteiger partial charge in [-0.05, 0) is 49.8 Å². The molecule has 0 saturated carbocycles. The average molecular weight is 370 g/mol. The van der Waals surface area contributed by atoms with Crippen molar-refractivity contribution in [2.75, 3.05) is 13.2 Å². The Morgan fingerprint density at radius 2 is 1.96 bits per heavy atom. The molecule has 0 radical (unpaired) electrons. The maximum Gasteiger partial charge on any atom is 0.534 e. The standard InChI is InChI=1S/C15H21F3O5S/c1-10-4-3-5-12(9-20)13(10)6-7-14(11(2)8-19)23-24(21,22)15(16,17)18/h4,19-20H,3,5-9H2,1-2H3/b14-11+. The fourth-order valence-electron chi connectivity index (χ4n) is 2.40. The maximum absolute atomic E-state index is 12.5. The molecule has 0 unspecified atom stereocenters. The van der Waals surface area contributed by atoms with Gasteiger partial charge in [-0.1, -0.05) is 11.6 Å². The van der Waals surface area contributed by atoms with E-state index in [1.54, 1.807) is 0 Å². The second-order valence-electron chi connectivity index (χ2n) is 5.51. The zero-order chi connectivity index (χ0) is 18.5. The van der Waals surface area contributed by atoms with Crippen LogP contribution >= 0.6 is 0 Å². The van der Waals surface area contributed by atoms with Gasteiger partial charge in [0.05, 0.1) is 13.2 Å². The Labute approximate surface area is 139 Å². The summed E-state index contributed by atoms with van der Waals surface area (Å²) >= 11 is 0. The molecule has 0 aliphatic heterocycles. The quantitative estimate of drug-likeness (QED) is 0.409. The van der Waals surface area contributed by atoms with Gasteiger partial charge in [0.1, 0.15) is 5.76 Å². The van der Waals surface area contributed by atoms with Gasteiger partial charge in [0.15, 0.2) is 0 Å². The van der Waals surface area contributed by atoms with Crippen LogP contribution in [0, 0.1) is 0 Å². The lowest BCUT2D eigenvalue weighted by atomic mass is 9.88. The molecule has 2 N–H and O–H groups in total. The molecule has 0 aromatic heterocycles. The van der Waals surface area contributed by atoms with Crippen molar-refractivity contribution in [1.29, 1.82) is 0 Å². The molecule has 0 atom stereocenters. The SMILES string of the molecule is CC1=CCCC(CO)=C1CC/C(OS(=O)(=O)C(F)(F)F)=C(/C)CO. The van der Waals surface area contributed by atoms with Crippen LogP contribution in [0.4, 0.5) is 13.2 Å². The van der Waals surface area contributed by atoms with E-state index in [2.05, 4.69) is 4.18 Å². The van der Waals surface area contributed by atoms with E-state index in [0.29, 0.717) is 6.42 Å². The summed E-state index contributed by atoms with van der Waals surface area (Å²) in [5.74, 6) is -0.432. The van der Waals surface area contributed by atoms with Crippen molar-refractivity contribution in [3.05, 3.63) is 34.1 Å². The van der Waals surface area contributed by atoms with Crippen LogP contribution in [-0.4, -0.2) is 37.4 Å². The predicted octanol–water partition coefficient (Wildman–Crippen LogP) is 2.93. The number of halogens is 3. The first-order valence-electron chi connectivity index (χ1n) is 7.32. The highest BCUT2D eigenvalue weighted by atomic mass is 32.2. The van der Waals surface area contributed by atoms with Crippen molar-refractivity contribution in [1.82, 2.24) is 0 Å². The van der Waals surface area contributed by atoms with Crippen molar-refractivity contribution in [2.24, 2.45) is 0 Å². The van der Waals surface area contributed by atoms with Crippen LogP contribution in [0.2, 0.25) is 0 Å². The molecule has 0 heterocycles. The molecule has 24 heavy (non-hydrogen) atoms. The van der Waals surface area contributed by atoms with Crippen LogP contribution in [0.5, 0.6) is 0 Å². The second-order valence-corrected chi connectivity index (χ2v) is 7.05. The summed E-state index contributed by atoms with van der Waals surface area (Å²) < 4.78 is 64.1. The van der Waals surface area contributed by atoms with E-state index in [0.717, 1.165) is 23.1 Å². The molecule has 1 aliphatic carbocycles. The summed E-state index contributed by atoms with van der Waals surface area (Å²) in [7, 11) is -5.79. The molecule has 0 aromatic rings. The lowest BCUT2D eigenvalue weighted by Gasteiger charge is -2.20. The summed E-state index contributed by atoms with van der Waals surface area (Å²) in [6, 6.07) is 0. The minimum absolute atomic E-state index is 0.00594. The van der Waals surface area contributed by atoms with Crippen molar-refractivity contribution < 1.29 is 36.0 Å². The number of aliphatic hydroxyl groups is 2. The molecule has 0 fully saturated rings. The largest absolute Gasteiger partial charge is 0.534 e. The van der Waals surface area contributed by atoms with Crippen molar-refractivity contribution in [3.63, 3.8) is 0 Å². The third kappa shape index (κ3) is 5.09. The van der Waals surface area contributed by atoms with E-state index in [1.807, 2.05) is 13.0 Å². The van der Waals surface area contributed by atoms with E-state index >= 15 is 0 Å². The smallest absolute Gasteiger partial charge is 0.392 e. The van der Waals surface area contributed by atoms with Crippen LogP contribution in [0.1, 0.15) is 39.5 Å². The van der Waals surface area contributed by atoms with E-state index in [1.165, 1.54) is 6.92 Å². The Bertz CT molecular complexity index is 657. The van der Waals surface area contributed by atoms with Gasteiger partial charge in [-0.25, -0.2) is 0 Å². The van der Waals surface area contributed by atoms with Gasteiger partial charge < -0.3 is 14.4 Å². The molecule has 138 valence electrons. The topological polar surface area (TPSA) is 83.8 Å². The number of hydrogen-bond acceptors (Lipinski definition) is 5. The molecule has 0 spiro atoms. The average Bonchev–Trinajstić information content (AvgIpc) is 2.50. The highest BCUT2D eigenvalue weighted by Gasteiger charge is 2.49. The summed E-state index contributed by atoms with van der Waals surface area (Å²) in [6.45, 7) is 2.33. The summed E-state index contributed by atoms with van der Waals surface area (Å²) in [6.07, 6.45) is 3.43. The first-order chi connectivity index (χ1) is 11.0. The van der Waals surface area contributed by atoms with Crippen molar-refractivity contribution in [2.45, 2.75) is 45.0 Å². The monoisotopic (exact) mass is 370 g/mol. The molecule has 5 nitrogen and oxygen atoms in total. The molecule has 0 bridgehead atoms. The molecular weight excluding hydrogens is 349 g/mol. The van der Waals surface area contributed by atoms with Gasteiger partial charge in [-0.3, -0.25) is 0 Å². The molecular formula is C15H21F3O5S. The molecule has 1 aliphatic rings. The normalized spacial score (nSPS) is 17.5. The number of rotatable bonds is 7. The van der Waals surface area contributed by atoms with E-state index in [4.69, 9.17) is 5.11 Å². The first kappa shape index (κ1) is 20.7. The van der Waals surface area contributed by atoms with E-state index < -0.39 is 28.0 Å². The number of alkyl halides is 3. The van der Waals surface area contributed by atoms with Crippen LogP contribution in [-0.2, 0) is 14.3 Å². The summed E-state index contributed by atoms with van der Waals surface area (Å²) in [4.78, 5) is 0. The summed E-state index contributed by atoms with van der Waals surface area (Å²) in [5, 5.41) is 18.5. The maximum atomic E-state index is 12.5. The van der Waals surface area contributed by atoms with Gasteiger partial charge in [-0.15, -0.1) is 0 Å². The third-order valence-corrected chi connectivity index (χ3v) is 4.79. The lowest BCUT2D eigenvalue weighted by molar-refractivity contribution is -0.0524. The molecule has 1 rings (SSSR count). The Balaban J connectivity index is 3.02. The summed E-state index contributed by atoms with van der Waals surface area (Å²) in [5.41, 5.74) is -3.09. The number of aliphatic hydroxyl groups excluding tert-OH is 2. The Morgan fingerprint density at radius 1 is 1.33 bits per heavy atom. The van der Waals surface area contributed by atoms with Crippen molar-refractivity contribution >= 4 is 10.1 Å². The molecule has 0 aromatic carbocycles. The Hall–Kier alpha value is -1.32. The van der Waals surface area contributed by atoms with Crippen LogP contribution < -0.4 is 0 Å². The lowest BCUT2D eigenvalue weighted by Crippen LogP contribution is -2.26. The van der Waals surface area contributed by atoms with Gasteiger partial charge in [-0.2, -0.15) is 21.6 Å². The van der Waals surface area contributed by atoms with Gasteiger partial charge >= 0.3 is 15.6 Å². The molecule has 0 amide bonds. The minimum atomic E-state index is -5.79. The van der Waals surface area contributed by atoms with Gasteiger partial charge in [0.2, 0.25) is 0 Å². The fraction of sp³-hybridized carbons (Fsp3) is 0.600. The molecule has 0 saturated heterocycles.